The Hall–Kier alpha value is -1.83. The Morgan fingerprint density at radius 3 is 3.25 bits per heavy atom. The Morgan fingerprint density at radius 1 is 1.92 bits per heavy atom. The molecular formula is C7H7N3O2. The van der Waals surface area contributed by atoms with Crippen LogP contribution in [0, 0.1) is 6.57 Å². The Kier molecular flexibility index (Phi) is 2.43. The fourth-order valence-electron chi connectivity index (χ4n) is 0.723. The number of aromatic nitrogens is 2. The van der Waals surface area contributed by atoms with Gasteiger partial charge in [-0.2, -0.15) is 0 Å². The van der Waals surface area contributed by atoms with Crippen molar-refractivity contribution in [3.05, 3.63) is 23.2 Å². The van der Waals surface area contributed by atoms with E-state index < -0.39 is 5.97 Å². The lowest BCUT2D eigenvalue weighted by Gasteiger charge is -1.97. The van der Waals surface area contributed by atoms with E-state index in [2.05, 4.69) is 19.8 Å². The van der Waals surface area contributed by atoms with Crippen molar-refractivity contribution >= 4 is 11.8 Å². The van der Waals surface area contributed by atoms with Gasteiger partial charge in [-0.05, 0) is 6.92 Å². The van der Waals surface area contributed by atoms with Crippen molar-refractivity contribution in [2.45, 2.75) is 6.92 Å². The fraction of sp³-hybridized carbons (Fsp3) is 0.286. The van der Waals surface area contributed by atoms with Crippen LogP contribution in [0.2, 0.25) is 0 Å². The molecule has 0 spiro atoms. The zero-order chi connectivity index (χ0) is 8.97. The van der Waals surface area contributed by atoms with Crippen LogP contribution in [0.5, 0.6) is 0 Å². The van der Waals surface area contributed by atoms with E-state index in [1.807, 2.05) is 0 Å². The Morgan fingerprint density at radius 2 is 2.67 bits per heavy atom. The number of H-pyrrole nitrogens is 1. The third-order valence-electron chi connectivity index (χ3n) is 1.23. The Balaban J connectivity index is 2.88. The molecule has 0 atom stereocenters. The third kappa shape index (κ3) is 1.42. The standard InChI is InChI=1S/C7H7N3O2/c1-3-12-7(11)5-4-9-10-6(5)8-2/h4H,3H2,1H3,(H,9,10). The molecule has 0 saturated carbocycles. The highest BCUT2D eigenvalue weighted by molar-refractivity contribution is 5.94. The van der Waals surface area contributed by atoms with Crippen molar-refractivity contribution < 1.29 is 9.53 Å². The molecule has 0 aliphatic heterocycles. The molecular weight excluding hydrogens is 158 g/mol. The van der Waals surface area contributed by atoms with Crippen LogP contribution in [-0.2, 0) is 4.74 Å². The van der Waals surface area contributed by atoms with Gasteiger partial charge in [-0.25, -0.2) is 9.89 Å². The molecule has 5 heteroatoms. The summed E-state index contributed by atoms with van der Waals surface area (Å²) in [6.07, 6.45) is 1.28. The van der Waals surface area contributed by atoms with E-state index in [0.29, 0.717) is 6.61 Å². The van der Waals surface area contributed by atoms with Gasteiger partial charge in [0.25, 0.3) is 5.82 Å². The summed E-state index contributed by atoms with van der Waals surface area (Å²) in [4.78, 5) is 14.1. The van der Waals surface area contributed by atoms with Gasteiger partial charge in [-0.15, -0.1) is 5.10 Å². The van der Waals surface area contributed by atoms with Crippen LogP contribution in [-0.4, -0.2) is 22.8 Å². The molecule has 62 valence electrons. The first-order valence-corrected chi connectivity index (χ1v) is 3.37. The monoisotopic (exact) mass is 165 g/mol. The van der Waals surface area contributed by atoms with E-state index in [-0.39, 0.29) is 11.4 Å². The number of nitrogens with zero attached hydrogens (tertiary/aromatic N) is 2. The lowest BCUT2D eigenvalue weighted by atomic mass is 10.3. The molecule has 12 heavy (non-hydrogen) atoms. The SMILES string of the molecule is [C-]#[N+]c1[nH]ncc1C(=O)OCC. The summed E-state index contributed by atoms with van der Waals surface area (Å²) in [5, 5.41) is 5.95. The highest BCUT2D eigenvalue weighted by atomic mass is 16.5. The van der Waals surface area contributed by atoms with E-state index in [1.54, 1.807) is 6.92 Å². The minimum Gasteiger partial charge on any atom is -0.463 e. The molecule has 0 aromatic carbocycles. The summed E-state index contributed by atoms with van der Waals surface area (Å²) in [6.45, 7) is 8.67. The summed E-state index contributed by atoms with van der Waals surface area (Å²) in [5.41, 5.74) is 0.187. The number of carbonyl (C=O) groups excluding carboxylic acids is 1. The van der Waals surface area contributed by atoms with Gasteiger partial charge < -0.3 is 9.58 Å². The predicted octanol–water partition coefficient (Wildman–Crippen LogP) is 1.14. The molecule has 0 unspecified atom stereocenters. The second-order valence-electron chi connectivity index (χ2n) is 1.96. The van der Waals surface area contributed by atoms with Gasteiger partial charge in [0.2, 0.25) is 0 Å². The highest BCUT2D eigenvalue weighted by Crippen LogP contribution is 2.14. The van der Waals surface area contributed by atoms with Gasteiger partial charge in [0.05, 0.1) is 12.8 Å². The van der Waals surface area contributed by atoms with E-state index >= 15 is 0 Å². The maximum Gasteiger partial charge on any atom is 0.330 e. The topological polar surface area (TPSA) is 59.3 Å². The van der Waals surface area contributed by atoms with Gasteiger partial charge in [0.1, 0.15) is 5.56 Å². The molecule has 0 saturated heterocycles. The fourth-order valence-corrected chi connectivity index (χ4v) is 0.723. The molecule has 5 nitrogen and oxygen atoms in total. The van der Waals surface area contributed by atoms with Crippen molar-refractivity contribution in [2.75, 3.05) is 6.61 Å². The first-order chi connectivity index (χ1) is 5.79. The van der Waals surface area contributed by atoms with E-state index in [9.17, 15) is 4.79 Å². The summed E-state index contributed by atoms with van der Waals surface area (Å²) in [7, 11) is 0. The van der Waals surface area contributed by atoms with Gasteiger partial charge in [-0.3, -0.25) is 0 Å². The summed E-state index contributed by atoms with van der Waals surface area (Å²) < 4.78 is 4.69. The smallest absolute Gasteiger partial charge is 0.330 e. The molecule has 0 radical (unpaired) electrons. The number of nitrogens with one attached hydrogen (secondary N) is 1. The average Bonchev–Trinajstić information content (AvgIpc) is 2.51. The Bertz CT molecular complexity index is 324. The summed E-state index contributed by atoms with van der Waals surface area (Å²) in [5.74, 6) is -0.397. The maximum absolute atomic E-state index is 11.1. The summed E-state index contributed by atoms with van der Waals surface area (Å²) in [6, 6.07) is 0. The molecule has 1 heterocycles. The van der Waals surface area contributed by atoms with Crippen molar-refractivity contribution in [3.8, 4) is 0 Å². The normalized spacial score (nSPS) is 9.00. The van der Waals surface area contributed by atoms with Crippen LogP contribution < -0.4 is 0 Å². The first-order valence-electron chi connectivity index (χ1n) is 3.37. The van der Waals surface area contributed by atoms with Gasteiger partial charge in [-0.1, -0.05) is 6.57 Å². The Labute approximate surface area is 69.2 Å². The highest BCUT2D eigenvalue weighted by Gasteiger charge is 2.13. The number of aromatic amines is 1. The van der Waals surface area contributed by atoms with Crippen molar-refractivity contribution in [2.24, 2.45) is 0 Å². The lowest BCUT2D eigenvalue weighted by molar-refractivity contribution is 0.0528. The average molecular weight is 165 g/mol. The number of hydrogen-bond acceptors (Lipinski definition) is 3. The van der Waals surface area contributed by atoms with E-state index in [0.717, 1.165) is 0 Å². The van der Waals surface area contributed by atoms with Crippen LogP contribution in [0.15, 0.2) is 6.20 Å². The minimum atomic E-state index is -0.516. The number of hydrogen-bond donors (Lipinski definition) is 1. The largest absolute Gasteiger partial charge is 0.463 e. The first kappa shape index (κ1) is 8.27. The number of ether oxygens (including phenoxy) is 1. The summed E-state index contributed by atoms with van der Waals surface area (Å²) >= 11 is 0. The minimum absolute atomic E-state index is 0.119. The van der Waals surface area contributed by atoms with Crippen LogP contribution in [0.1, 0.15) is 17.3 Å². The quantitative estimate of drug-likeness (QED) is 0.528. The molecule has 0 fully saturated rings. The molecule has 1 N–H and O–H groups in total. The van der Waals surface area contributed by atoms with Crippen LogP contribution in [0.25, 0.3) is 4.85 Å². The van der Waals surface area contributed by atoms with Gasteiger partial charge >= 0.3 is 5.97 Å². The molecule has 0 aliphatic carbocycles. The van der Waals surface area contributed by atoms with Crippen molar-refractivity contribution in [1.82, 2.24) is 10.2 Å². The van der Waals surface area contributed by atoms with Gasteiger partial charge in [0.15, 0.2) is 0 Å². The lowest BCUT2D eigenvalue weighted by Crippen LogP contribution is -2.03. The van der Waals surface area contributed by atoms with Gasteiger partial charge in [0, 0.05) is 0 Å². The molecule has 0 amide bonds. The van der Waals surface area contributed by atoms with Crippen LogP contribution in [0.3, 0.4) is 0 Å². The molecule has 1 rings (SSSR count). The van der Waals surface area contributed by atoms with Crippen molar-refractivity contribution in [1.29, 1.82) is 0 Å². The maximum atomic E-state index is 11.1. The van der Waals surface area contributed by atoms with Crippen LogP contribution in [0.4, 0.5) is 5.82 Å². The number of esters is 1. The zero-order valence-electron chi connectivity index (χ0n) is 6.50. The van der Waals surface area contributed by atoms with Crippen LogP contribution >= 0.6 is 0 Å². The second kappa shape index (κ2) is 3.53. The zero-order valence-corrected chi connectivity index (χ0v) is 6.50. The number of carbonyl (C=O) groups is 1. The molecule has 1 aromatic heterocycles. The second-order valence-corrected chi connectivity index (χ2v) is 1.96. The molecule has 0 bridgehead atoms. The predicted molar refractivity (Wildman–Crippen MR) is 40.8 cm³/mol. The van der Waals surface area contributed by atoms with E-state index in [4.69, 9.17) is 6.57 Å². The van der Waals surface area contributed by atoms with Crippen molar-refractivity contribution in [3.63, 3.8) is 0 Å². The van der Waals surface area contributed by atoms with E-state index in [1.165, 1.54) is 6.20 Å². The molecule has 0 aliphatic rings. The number of rotatable bonds is 2. The molecule has 1 aromatic rings. The third-order valence-corrected chi connectivity index (χ3v) is 1.23.